The van der Waals surface area contributed by atoms with E-state index in [0.29, 0.717) is 0 Å². The highest BCUT2D eigenvalue weighted by atomic mass is 35.5. The molecule has 2 aromatic rings. The molecule has 2 rings (SSSR count). The quantitative estimate of drug-likeness (QED) is 0.866. The van der Waals surface area contributed by atoms with Crippen LogP contribution in [0.15, 0.2) is 42.5 Å². The highest BCUT2D eigenvalue weighted by molar-refractivity contribution is 6.30. The summed E-state index contributed by atoms with van der Waals surface area (Å²) in [6, 6.07) is 14.4. The molecule has 0 unspecified atom stereocenters. The predicted molar refractivity (Wildman–Crippen MR) is 77.9 cm³/mol. The van der Waals surface area contributed by atoms with Crippen LogP contribution in [0.5, 0.6) is 0 Å². The molecule has 0 aromatic heterocycles. The van der Waals surface area contributed by atoms with Crippen molar-refractivity contribution in [1.29, 1.82) is 0 Å². The van der Waals surface area contributed by atoms with Crippen LogP contribution < -0.4 is 5.32 Å². The van der Waals surface area contributed by atoms with Crippen molar-refractivity contribution < 1.29 is 0 Å². The van der Waals surface area contributed by atoms with E-state index in [9.17, 15) is 0 Å². The second kappa shape index (κ2) is 6.03. The van der Waals surface area contributed by atoms with E-state index < -0.39 is 0 Å². The lowest BCUT2D eigenvalue weighted by Crippen LogP contribution is -2.13. The Labute approximate surface area is 114 Å². The second-order valence-electron chi connectivity index (χ2n) is 4.59. The topological polar surface area (TPSA) is 12.0 Å². The monoisotopic (exact) mass is 259 g/mol. The van der Waals surface area contributed by atoms with Crippen LogP contribution in [-0.4, -0.2) is 0 Å². The summed E-state index contributed by atoms with van der Waals surface area (Å²) in [4.78, 5) is 0. The van der Waals surface area contributed by atoms with Crippen molar-refractivity contribution in [2.75, 3.05) is 0 Å². The lowest BCUT2D eigenvalue weighted by Gasteiger charge is -2.10. The minimum atomic E-state index is 0.793. The number of hydrogen-bond acceptors (Lipinski definition) is 1. The van der Waals surface area contributed by atoms with Gasteiger partial charge in [0.05, 0.1) is 0 Å². The summed E-state index contributed by atoms with van der Waals surface area (Å²) in [5, 5.41) is 4.25. The van der Waals surface area contributed by atoms with Crippen LogP contribution in [0.4, 0.5) is 0 Å². The molecule has 1 nitrogen and oxygen atoms in total. The maximum absolute atomic E-state index is 5.96. The van der Waals surface area contributed by atoms with Crippen molar-refractivity contribution in [3.8, 4) is 0 Å². The Balaban J connectivity index is 1.94. The SMILES string of the molecule is Cc1cccc(CNCc2cccc(Cl)c2)c1C. The molecular weight excluding hydrogens is 242 g/mol. The summed E-state index contributed by atoms with van der Waals surface area (Å²) in [5.41, 5.74) is 5.29. The molecule has 0 spiro atoms. The van der Waals surface area contributed by atoms with Crippen molar-refractivity contribution in [1.82, 2.24) is 5.32 Å². The van der Waals surface area contributed by atoms with Gasteiger partial charge in [-0.2, -0.15) is 0 Å². The Morgan fingerprint density at radius 2 is 1.78 bits per heavy atom. The molecule has 0 amide bonds. The van der Waals surface area contributed by atoms with Crippen LogP contribution in [-0.2, 0) is 13.1 Å². The molecule has 0 heterocycles. The number of rotatable bonds is 4. The van der Waals surface area contributed by atoms with Crippen LogP contribution in [0.25, 0.3) is 0 Å². The van der Waals surface area contributed by atoms with E-state index in [2.05, 4.69) is 43.4 Å². The van der Waals surface area contributed by atoms with Crippen LogP contribution in [0.3, 0.4) is 0 Å². The first-order valence-corrected chi connectivity index (χ1v) is 6.55. The van der Waals surface area contributed by atoms with E-state index in [0.717, 1.165) is 18.1 Å². The fourth-order valence-corrected chi connectivity index (χ4v) is 2.20. The van der Waals surface area contributed by atoms with Crippen molar-refractivity contribution in [3.05, 3.63) is 69.7 Å². The first-order chi connectivity index (χ1) is 8.66. The van der Waals surface area contributed by atoms with Crippen molar-refractivity contribution in [2.24, 2.45) is 0 Å². The molecule has 0 radical (unpaired) electrons. The Morgan fingerprint density at radius 1 is 1.00 bits per heavy atom. The van der Waals surface area contributed by atoms with Gasteiger partial charge < -0.3 is 5.32 Å². The predicted octanol–water partition coefficient (Wildman–Crippen LogP) is 4.25. The Bertz CT molecular complexity index is 534. The Kier molecular flexibility index (Phi) is 4.40. The van der Waals surface area contributed by atoms with Gasteiger partial charge >= 0.3 is 0 Å². The Morgan fingerprint density at radius 3 is 2.56 bits per heavy atom. The molecule has 0 bridgehead atoms. The van der Waals surface area contributed by atoms with Gasteiger partial charge in [-0.3, -0.25) is 0 Å². The van der Waals surface area contributed by atoms with Gasteiger partial charge in [0.15, 0.2) is 0 Å². The van der Waals surface area contributed by atoms with Gasteiger partial charge in [0, 0.05) is 18.1 Å². The number of nitrogens with one attached hydrogen (secondary N) is 1. The third kappa shape index (κ3) is 3.34. The summed E-state index contributed by atoms with van der Waals surface area (Å²) in [7, 11) is 0. The highest BCUT2D eigenvalue weighted by Gasteiger charge is 2.00. The van der Waals surface area contributed by atoms with E-state index >= 15 is 0 Å². The first-order valence-electron chi connectivity index (χ1n) is 6.17. The number of aryl methyl sites for hydroxylation is 1. The molecule has 2 heteroatoms. The Hall–Kier alpha value is -1.31. The molecular formula is C16H18ClN. The average molecular weight is 260 g/mol. The molecule has 0 aliphatic rings. The van der Waals surface area contributed by atoms with Crippen molar-refractivity contribution in [3.63, 3.8) is 0 Å². The summed E-state index contributed by atoms with van der Waals surface area (Å²) >= 11 is 5.96. The lowest BCUT2D eigenvalue weighted by molar-refractivity contribution is 0.690. The molecule has 0 aliphatic heterocycles. The van der Waals surface area contributed by atoms with Gasteiger partial charge in [0.1, 0.15) is 0 Å². The molecule has 0 atom stereocenters. The minimum Gasteiger partial charge on any atom is -0.309 e. The van der Waals surface area contributed by atoms with Crippen LogP contribution in [0, 0.1) is 13.8 Å². The van der Waals surface area contributed by atoms with E-state index in [1.54, 1.807) is 0 Å². The van der Waals surface area contributed by atoms with Crippen molar-refractivity contribution in [2.45, 2.75) is 26.9 Å². The second-order valence-corrected chi connectivity index (χ2v) is 5.03. The zero-order valence-electron chi connectivity index (χ0n) is 10.8. The highest BCUT2D eigenvalue weighted by Crippen LogP contribution is 2.13. The molecule has 0 saturated heterocycles. The molecule has 18 heavy (non-hydrogen) atoms. The first kappa shape index (κ1) is 13.1. The maximum Gasteiger partial charge on any atom is 0.0409 e. The fourth-order valence-electron chi connectivity index (χ4n) is 1.99. The molecule has 1 N–H and O–H groups in total. The van der Waals surface area contributed by atoms with E-state index in [1.807, 2.05) is 18.2 Å². The van der Waals surface area contributed by atoms with Gasteiger partial charge in [-0.25, -0.2) is 0 Å². The standard InChI is InChI=1S/C16H18ClN/c1-12-5-3-7-15(13(12)2)11-18-10-14-6-4-8-16(17)9-14/h3-9,18H,10-11H2,1-2H3. The van der Waals surface area contributed by atoms with E-state index in [4.69, 9.17) is 11.6 Å². The van der Waals surface area contributed by atoms with E-state index in [-0.39, 0.29) is 0 Å². The molecule has 0 saturated carbocycles. The summed E-state index contributed by atoms with van der Waals surface area (Å²) in [6.45, 7) is 6.05. The number of benzene rings is 2. The fraction of sp³-hybridized carbons (Fsp3) is 0.250. The number of halogens is 1. The van der Waals surface area contributed by atoms with Crippen LogP contribution in [0.2, 0.25) is 5.02 Å². The smallest absolute Gasteiger partial charge is 0.0409 e. The van der Waals surface area contributed by atoms with E-state index in [1.165, 1.54) is 22.3 Å². The van der Waals surface area contributed by atoms with Gasteiger partial charge in [-0.05, 0) is 48.2 Å². The maximum atomic E-state index is 5.96. The molecule has 2 aromatic carbocycles. The van der Waals surface area contributed by atoms with Crippen LogP contribution in [0.1, 0.15) is 22.3 Å². The summed E-state index contributed by atoms with van der Waals surface area (Å²) in [5.74, 6) is 0. The third-order valence-electron chi connectivity index (χ3n) is 3.25. The van der Waals surface area contributed by atoms with Crippen LogP contribution >= 0.6 is 11.6 Å². The van der Waals surface area contributed by atoms with Gasteiger partial charge in [0.2, 0.25) is 0 Å². The number of hydrogen-bond donors (Lipinski definition) is 1. The van der Waals surface area contributed by atoms with Gasteiger partial charge in [-0.1, -0.05) is 41.9 Å². The van der Waals surface area contributed by atoms with Gasteiger partial charge in [-0.15, -0.1) is 0 Å². The third-order valence-corrected chi connectivity index (χ3v) is 3.49. The van der Waals surface area contributed by atoms with Crippen molar-refractivity contribution >= 4 is 11.6 Å². The zero-order chi connectivity index (χ0) is 13.0. The molecule has 94 valence electrons. The largest absolute Gasteiger partial charge is 0.309 e. The average Bonchev–Trinajstić information content (AvgIpc) is 2.35. The molecule has 0 aliphatic carbocycles. The minimum absolute atomic E-state index is 0.793. The molecule has 0 fully saturated rings. The zero-order valence-corrected chi connectivity index (χ0v) is 11.6. The normalized spacial score (nSPS) is 10.6. The summed E-state index contributed by atoms with van der Waals surface area (Å²) in [6.07, 6.45) is 0. The lowest BCUT2D eigenvalue weighted by atomic mass is 10.0. The van der Waals surface area contributed by atoms with Gasteiger partial charge in [0.25, 0.3) is 0 Å². The summed E-state index contributed by atoms with van der Waals surface area (Å²) < 4.78 is 0.